The summed E-state index contributed by atoms with van der Waals surface area (Å²) in [6, 6.07) is 9.21. The Hall–Kier alpha value is -4.62. The van der Waals surface area contributed by atoms with Crippen molar-refractivity contribution in [3.8, 4) is 0 Å². The molecule has 1 unspecified atom stereocenters. The van der Waals surface area contributed by atoms with Crippen LogP contribution in [0, 0.1) is 10.1 Å². The van der Waals surface area contributed by atoms with Crippen LogP contribution in [0.25, 0.3) is 0 Å². The molecule has 2 aromatic rings. The van der Waals surface area contributed by atoms with Gasteiger partial charge in [0.25, 0.3) is 23.4 Å². The van der Waals surface area contributed by atoms with Crippen molar-refractivity contribution in [2.45, 2.75) is 57.7 Å². The van der Waals surface area contributed by atoms with Crippen molar-refractivity contribution in [2.24, 2.45) is 0 Å². The third kappa shape index (κ3) is 7.56. The number of carbonyl (C=O) groups is 4. The SMILES string of the molecule is COC(C=C[C@@H]1[C@H](NC(=O)c2ccccc2C(=O)NC(C)c2ccc([N+](=O)[O-])cc2)C(=O)N1C(=O)OC(C)(C)C)OC. The third-order valence-electron chi connectivity index (χ3n) is 6.32. The molecule has 13 nitrogen and oxygen atoms in total. The van der Waals surface area contributed by atoms with Gasteiger partial charge in [-0.2, -0.15) is 0 Å². The standard InChI is InChI=1S/C29H34N4O9/c1-17(18-11-13-19(14-12-18)33(38)39)30-25(34)20-9-7-8-10-21(20)26(35)31-24-22(15-16-23(40-5)41-6)32(27(24)36)28(37)42-29(2,3)4/h7-17,22-24H,1-6H3,(H,30,34)(H,31,35)/t17?,22-,24+/m1/s1. The highest BCUT2D eigenvalue weighted by molar-refractivity contribution is 6.10. The fraction of sp³-hybridized carbons (Fsp3) is 0.379. The Kier molecular flexibility index (Phi) is 10.1. The van der Waals surface area contributed by atoms with E-state index in [0.717, 1.165) is 4.90 Å². The van der Waals surface area contributed by atoms with Crippen molar-refractivity contribution in [1.29, 1.82) is 0 Å². The minimum Gasteiger partial charge on any atom is -0.443 e. The number of carbonyl (C=O) groups excluding carboxylic acids is 4. The maximum absolute atomic E-state index is 13.4. The number of nitro groups is 1. The summed E-state index contributed by atoms with van der Waals surface area (Å²) in [5.74, 6) is -1.96. The van der Waals surface area contributed by atoms with Crippen LogP contribution in [-0.4, -0.2) is 71.8 Å². The molecule has 1 fully saturated rings. The van der Waals surface area contributed by atoms with E-state index in [-0.39, 0.29) is 16.8 Å². The molecule has 3 rings (SSSR count). The predicted octanol–water partition coefficient (Wildman–Crippen LogP) is 3.51. The number of nitrogens with one attached hydrogen (secondary N) is 2. The average Bonchev–Trinajstić information content (AvgIpc) is 2.94. The van der Waals surface area contributed by atoms with E-state index in [0.29, 0.717) is 5.56 Å². The zero-order valence-electron chi connectivity index (χ0n) is 24.2. The van der Waals surface area contributed by atoms with Gasteiger partial charge in [0.15, 0.2) is 6.29 Å². The minimum absolute atomic E-state index is 0.00352. The monoisotopic (exact) mass is 582 g/mol. The lowest BCUT2D eigenvalue weighted by molar-refractivity contribution is -0.384. The largest absolute Gasteiger partial charge is 0.443 e. The van der Waals surface area contributed by atoms with Gasteiger partial charge in [-0.25, -0.2) is 9.69 Å². The number of rotatable bonds is 10. The summed E-state index contributed by atoms with van der Waals surface area (Å²) >= 11 is 0. The third-order valence-corrected chi connectivity index (χ3v) is 6.32. The quantitative estimate of drug-likeness (QED) is 0.140. The smallest absolute Gasteiger partial charge is 0.417 e. The van der Waals surface area contributed by atoms with Crippen molar-refractivity contribution in [3.63, 3.8) is 0 Å². The Labute approximate surface area is 242 Å². The lowest BCUT2D eigenvalue weighted by Crippen LogP contribution is -2.71. The van der Waals surface area contributed by atoms with E-state index in [1.54, 1.807) is 39.8 Å². The lowest BCUT2D eigenvalue weighted by atomic mass is 9.94. The van der Waals surface area contributed by atoms with E-state index in [2.05, 4.69) is 10.6 Å². The first-order valence-electron chi connectivity index (χ1n) is 13.0. The van der Waals surface area contributed by atoms with Crippen LogP contribution in [0.2, 0.25) is 0 Å². The first-order chi connectivity index (χ1) is 19.8. The first-order valence-corrected chi connectivity index (χ1v) is 13.0. The van der Waals surface area contributed by atoms with Crippen molar-refractivity contribution >= 4 is 29.5 Å². The van der Waals surface area contributed by atoms with Crippen LogP contribution >= 0.6 is 0 Å². The summed E-state index contributed by atoms with van der Waals surface area (Å²) in [5, 5.41) is 16.3. The molecule has 0 saturated carbocycles. The van der Waals surface area contributed by atoms with E-state index in [1.807, 2.05) is 0 Å². The van der Waals surface area contributed by atoms with Gasteiger partial charge in [0.05, 0.1) is 28.1 Å². The summed E-state index contributed by atoms with van der Waals surface area (Å²) < 4.78 is 15.6. The van der Waals surface area contributed by atoms with Crippen LogP contribution in [0.4, 0.5) is 10.5 Å². The van der Waals surface area contributed by atoms with Crippen molar-refractivity contribution in [1.82, 2.24) is 15.5 Å². The number of amides is 4. The number of benzene rings is 2. The molecule has 3 atom stereocenters. The molecule has 0 spiro atoms. The molecule has 13 heteroatoms. The Balaban J connectivity index is 1.80. The molecular weight excluding hydrogens is 548 g/mol. The van der Waals surface area contributed by atoms with E-state index >= 15 is 0 Å². The van der Waals surface area contributed by atoms with Crippen LogP contribution in [0.1, 0.15) is 60.0 Å². The molecule has 2 aromatic carbocycles. The maximum Gasteiger partial charge on any atom is 0.417 e. The molecule has 224 valence electrons. The van der Waals surface area contributed by atoms with E-state index in [9.17, 15) is 29.3 Å². The summed E-state index contributed by atoms with van der Waals surface area (Å²) in [4.78, 5) is 63.6. The number of nitrogens with zero attached hydrogens (tertiary/aromatic N) is 2. The fourth-order valence-corrected chi connectivity index (χ4v) is 4.18. The van der Waals surface area contributed by atoms with Crippen LogP contribution in [0.3, 0.4) is 0 Å². The molecule has 0 radical (unpaired) electrons. The Morgan fingerprint density at radius 1 is 1.00 bits per heavy atom. The number of β-lactam (4-membered cyclic amide) rings is 1. The van der Waals surface area contributed by atoms with Gasteiger partial charge in [-0.05, 0) is 51.5 Å². The normalized spacial score (nSPS) is 17.5. The van der Waals surface area contributed by atoms with Crippen LogP contribution in [-0.2, 0) is 19.0 Å². The van der Waals surface area contributed by atoms with E-state index in [1.165, 1.54) is 62.8 Å². The van der Waals surface area contributed by atoms with Crippen LogP contribution in [0.15, 0.2) is 60.7 Å². The van der Waals surface area contributed by atoms with Gasteiger partial charge in [0, 0.05) is 26.4 Å². The van der Waals surface area contributed by atoms with Gasteiger partial charge in [0.1, 0.15) is 11.6 Å². The molecule has 1 saturated heterocycles. The van der Waals surface area contributed by atoms with Crippen LogP contribution < -0.4 is 10.6 Å². The highest BCUT2D eigenvalue weighted by Crippen LogP contribution is 2.26. The Morgan fingerprint density at radius 3 is 2.10 bits per heavy atom. The molecule has 1 aliphatic heterocycles. The second kappa shape index (κ2) is 13.4. The summed E-state index contributed by atoms with van der Waals surface area (Å²) in [6.45, 7) is 6.69. The summed E-state index contributed by atoms with van der Waals surface area (Å²) in [6.07, 6.45) is 1.35. The minimum atomic E-state index is -1.13. The molecule has 1 aliphatic rings. The second-order valence-corrected chi connectivity index (χ2v) is 10.4. The number of hydrogen-bond acceptors (Lipinski definition) is 9. The second-order valence-electron chi connectivity index (χ2n) is 10.4. The van der Waals surface area contributed by atoms with E-state index < -0.39 is 58.8 Å². The Bertz CT molecular complexity index is 1360. The molecule has 42 heavy (non-hydrogen) atoms. The van der Waals surface area contributed by atoms with Gasteiger partial charge < -0.3 is 24.8 Å². The number of methoxy groups -OCH3 is 2. The van der Waals surface area contributed by atoms with Crippen LogP contribution in [0.5, 0.6) is 0 Å². The zero-order chi connectivity index (χ0) is 31.2. The molecule has 4 amide bonds. The summed E-state index contributed by atoms with van der Waals surface area (Å²) in [7, 11) is 2.83. The van der Waals surface area contributed by atoms with Gasteiger partial charge >= 0.3 is 6.09 Å². The fourth-order valence-electron chi connectivity index (χ4n) is 4.18. The van der Waals surface area contributed by atoms with Crippen molar-refractivity contribution in [2.75, 3.05) is 14.2 Å². The number of hydrogen-bond donors (Lipinski definition) is 2. The maximum atomic E-state index is 13.4. The number of imide groups is 1. The summed E-state index contributed by atoms with van der Waals surface area (Å²) in [5.41, 5.74) is -0.268. The molecule has 1 heterocycles. The lowest BCUT2D eigenvalue weighted by Gasteiger charge is -2.44. The van der Waals surface area contributed by atoms with Gasteiger partial charge in [0.2, 0.25) is 0 Å². The molecular formula is C29H34N4O9. The van der Waals surface area contributed by atoms with Crippen molar-refractivity contribution in [3.05, 3.63) is 87.5 Å². The van der Waals surface area contributed by atoms with Gasteiger partial charge in [-0.15, -0.1) is 0 Å². The predicted molar refractivity (Wildman–Crippen MR) is 150 cm³/mol. The molecule has 0 bridgehead atoms. The Morgan fingerprint density at radius 2 is 1.57 bits per heavy atom. The zero-order valence-corrected chi connectivity index (χ0v) is 24.2. The average molecular weight is 583 g/mol. The number of nitro benzene ring substituents is 1. The number of likely N-dealkylation sites (tertiary alicyclic amines) is 1. The van der Waals surface area contributed by atoms with Crippen molar-refractivity contribution < 1.29 is 38.3 Å². The highest BCUT2D eigenvalue weighted by Gasteiger charge is 2.52. The highest BCUT2D eigenvalue weighted by atomic mass is 16.7. The van der Waals surface area contributed by atoms with E-state index in [4.69, 9.17) is 14.2 Å². The topological polar surface area (TPSA) is 166 Å². The molecule has 2 N–H and O–H groups in total. The molecule has 0 aromatic heterocycles. The molecule has 0 aliphatic carbocycles. The number of ether oxygens (including phenoxy) is 3. The van der Waals surface area contributed by atoms with Gasteiger partial charge in [-0.1, -0.05) is 30.3 Å². The number of non-ortho nitro benzene ring substituents is 1. The first kappa shape index (κ1) is 31.9. The van der Waals surface area contributed by atoms with Gasteiger partial charge in [-0.3, -0.25) is 24.5 Å².